The maximum absolute atomic E-state index is 14.1. The molecule has 3 N–H and O–H groups in total. The first-order valence-electron chi connectivity index (χ1n) is 14.5. The van der Waals surface area contributed by atoms with Crippen molar-refractivity contribution in [2.45, 2.75) is 77.9 Å². The van der Waals surface area contributed by atoms with Gasteiger partial charge in [0.25, 0.3) is 0 Å². The van der Waals surface area contributed by atoms with Crippen LogP contribution in [-0.2, 0) is 24.0 Å². The van der Waals surface area contributed by atoms with Gasteiger partial charge < -0.3 is 25.6 Å². The van der Waals surface area contributed by atoms with Gasteiger partial charge in [0.1, 0.15) is 18.4 Å². The van der Waals surface area contributed by atoms with Crippen molar-refractivity contribution in [1.29, 1.82) is 0 Å². The Labute approximate surface area is 236 Å². The minimum atomic E-state index is -0.804. The summed E-state index contributed by atoms with van der Waals surface area (Å²) >= 11 is 0. The number of nitrogens with zero attached hydrogens (tertiary/aromatic N) is 1. The summed E-state index contributed by atoms with van der Waals surface area (Å²) in [6, 6.07) is 7.60. The number of carbonyl (C=O) groups excluding carboxylic acids is 5. The number of likely N-dealkylation sites (tertiary alicyclic amines) is 1. The number of benzene rings is 1. The molecule has 0 bridgehead atoms. The van der Waals surface area contributed by atoms with Gasteiger partial charge in [0.15, 0.2) is 0 Å². The molecule has 9 nitrogen and oxygen atoms in total. The van der Waals surface area contributed by atoms with Crippen LogP contribution in [0.25, 0.3) is 0 Å². The highest BCUT2D eigenvalue weighted by atomic mass is 16.2. The summed E-state index contributed by atoms with van der Waals surface area (Å²) in [5, 5.41) is 8.65. The van der Waals surface area contributed by atoms with E-state index in [0.29, 0.717) is 25.8 Å². The van der Waals surface area contributed by atoms with Crippen LogP contribution in [0, 0.1) is 34.5 Å². The van der Waals surface area contributed by atoms with Crippen LogP contribution < -0.4 is 16.0 Å². The van der Waals surface area contributed by atoms with E-state index >= 15 is 0 Å². The maximum Gasteiger partial charge on any atom is 0.246 e. The fourth-order valence-corrected chi connectivity index (χ4v) is 7.02. The third-order valence-electron chi connectivity index (χ3n) is 9.71. The molecule has 9 heteroatoms. The minimum Gasteiger partial charge on any atom is -0.356 e. The van der Waals surface area contributed by atoms with E-state index in [9.17, 15) is 24.0 Å². The molecule has 4 aliphatic rings. The van der Waals surface area contributed by atoms with Crippen LogP contribution in [0.5, 0.6) is 0 Å². The Morgan fingerprint density at radius 1 is 1.12 bits per heavy atom. The summed E-state index contributed by atoms with van der Waals surface area (Å²) < 4.78 is 0. The van der Waals surface area contributed by atoms with Crippen LogP contribution in [-0.4, -0.2) is 66.0 Å². The average molecular weight is 551 g/mol. The fraction of sp³-hybridized carbons (Fsp3) is 0.645. The number of fused-ring (bicyclic) bond motifs is 1. The van der Waals surface area contributed by atoms with Crippen LogP contribution in [0.1, 0.15) is 65.4 Å². The molecule has 4 fully saturated rings. The lowest BCUT2D eigenvalue weighted by Gasteiger charge is -2.38. The van der Waals surface area contributed by atoms with Gasteiger partial charge in [-0.25, -0.2) is 0 Å². The van der Waals surface area contributed by atoms with Gasteiger partial charge in [-0.3, -0.25) is 19.2 Å². The van der Waals surface area contributed by atoms with Gasteiger partial charge in [-0.2, -0.15) is 0 Å². The van der Waals surface area contributed by atoms with Crippen molar-refractivity contribution in [3.63, 3.8) is 0 Å². The molecule has 216 valence electrons. The molecular weight excluding hydrogens is 508 g/mol. The standard InChI is InChI=1S/C31H42N4O5/c1-30(2,3)25(34-27(38)21-14-20(21)17-9-7-6-8-10-17)29(40)35-15-22-23(31(22,4)5)24(35)28(39)33-19(16-36)13-18-11-12-32-26(18)37/h6-10,16,18-25H,11-15H2,1-5H3,(H,32,37)(H,33,39)(H,34,38)/t18-,19-,20-,21+,22-,23-,24-,25?/m0/s1. The van der Waals surface area contributed by atoms with E-state index in [1.807, 2.05) is 51.1 Å². The van der Waals surface area contributed by atoms with Crippen LogP contribution in [0.4, 0.5) is 0 Å². The zero-order valence-electron chi connectivity index (χ0n) is 24.1. The second-order valence-corrected chi connectivity index (χ2v) is 13.8. The predicted octanol–water partition coefficient (Wildman–Crippen LogP) is 2.01. The van der Waals surface area contributed by atoms with Gasteiger partial charge in [-0.15, -0.1) is 0 Å². The number of amides is 4. The minimum absolute atomic E-state index is 0.0271. The summed E-state index contributed by atoms with van der Waals surface area (Å²) in [5.41, 5.74) is 0.451. The second kappa shape index (κ2) is 10.3. The highest BCUT2D eigenvalue weighted by Gasteiger charge is 2.70. The molecular formula is C31H42N4O5. The number of hydrogen-bond acceptors (Lipinski definition) is 5. The Morgan fingerprint density at radius 3 is 2.42 bits per heavy atom. The van der Waals surface area contributed by atoms with Gasteiger partial charge in [-0.05, 0) is 53.4 Å². The molecule has 0 aromatic heterocycles. The van der Waals surface area contributed by atoms with Crippen molar-refractivity contribution < 1.29 is 24.0 Å². The Kier molecular flexibility index (Phi) is 7.29. The van der Waals surface area contributed by atoms with Crippen molar-refractivity contribution in [3.8, 4) is 0 Å². The van der Waals surface area contributed by atoms with Crippen molar-refractivity contribution in [1.82, 2.24) is 20.9 Å². The quantitative estimate of drug-likeness (QED) is 0.406. The lowest BCUT2D eigenvalue weighted by molar-refractivity contribution is -0.146. The summed E-state index contributed by atoms with van der Waals surface area (Å²) in [4.78, 5) is 66.6. The van der Waals surface area contributed by atoms with E-state index in [-0.39, 0.29) is 65.1 Å². The number of carbonyl (C=O) groups is 5. The molecule has 0 spiro atoms. The normalized spacial score (nSPS) is 31.4. The molecule has 40 heavy (non-hydrogen) atoms. The SMILES string of the molecule is CC(C)(C)C(NC(=O)[C@@H]1C[C@H]1c1ccccc1)C(=O)N1C[C@H]2[C@@H]([C@H]1C(=O)N[C@H](C=O)C[C@@H]1CCNC1=O)C2(C)C. The molecule has 2 saturated heterocycles. The summed E-state index contributed by atoms with van der Waals surface area (Å²) in [7, 11) is 0. The lowest BCUT2D eigenvalue weighted by atomic mass is 9.85. The summed E-state index contributed by atoms with van der Waals surface area (Å²) in [6.45, 7) is 11.0. The zero-order chi connectivity index (χ0) is 29.0. The molecule has 1 aromatic rings. The number of aldehydes is 1. The summed E-state index contributed by atoms with van der Waals surface area (Å²) in [6.07, 6.45) is 2.30. The summed E-state index contributed by atoms with van der Waals surface area (Å²) in [5.74, 6) is -1.06. The topological polar surface area (TPSA) is 125 Å². The molecule has 1 unspecified atom stereocenters. The maximum atomic E-state index is 14.1. The van der Waals surface area contributed by atoms with Gasteiger partial charge in [0.05, 0.1) is 6.04 Å². The van der Waals surface area contributed by atoms with E-state index in [4.69, 9.17) is 0 Å². The first-order valence-corrected chi connectivity index (χ1v) is 14.5. The monoisotopic (exact) mass is 550 g/mol. The molecule has 2 aliphatic heterocycles. The molecule has 0 radical (unpaired) electrons. The highest BCUT2D eigenvalue weighted by molar-refractivity contribution is 5.95. The van der Waals surface area contributed by atoms with Crippen molar-refractivity contribution >= 4 is 29.9 Å². The molecule has 1 aromatic carbocycles. The first-order chi connectivity index (χ1) is 18.8. The van der Waals surface area contributed by atoms with Gasteiger partial charge >= 0.3 is 0 Å². The zero-order valence-corrected chi connectivity index (χ0v) is 24.1. The number of hydrogen-bond donors (Lipinski definition) is 3. The van der Waals surface area contributed by atoms with E-state index in [1.54, 1.807) is 4.90 Å². The van der Waals surface area contributed by atoms with Gasteiger partial charge in [0.2, 0.25) is 23.6 Å². The smallest absolute Gasteiger partial charge is 0.246 e. The van der Waals surface area contributed by atoms with E-state index in [2.05, 4.69) is 29.8 Å². The van der Waals surface area contributed by atoms with Crippen LogP contribution in [0.3, 0.4) is 0 Å². The number of nitrogens with one attached hydrogen (secondary N) is 3. The molecule has 4 amide bonds. The van der Waals surface area contributed by atoms with Crippen molar-refractivity contribution in [3.05, 3.63) is 35.9 Å². The number of piperidine rings is 1. The Hall–Kier alpha value is -3.23. The number of rotatable bonds is 9. The van der Waals surface area contributed by atoms with E-state index in [0.717, 1.165) is 12.0 Å². The molecule has 2 saturated carbocycles. The third-order valence-corrected chi connectivity index (χ3v) is 9.71. The van der Waals surface area contributed by atoms with Crippen LogP contribution in [0.2, 0.25) is 0 Å². The van der Waals surface area contributed by atoms with Crippen LogP contribution in [0.15, 0.2) is 30.3 Å². The van der Waals surface area contributed by atoms with Crippen molar-refractivity contribution in [2.24, 2.45) is 34.5 Å². The van der Waals surface area contributed by atoms with E-state index < -0.39 is 23.5 Å². The largest absolute Gasteiger partial charge is 0.356 e. The Balaban J connectivity index is 1.30. The lowest BCUT2D eigenvalue weighted by Crippen LogP contribution is -2.60. The van der Waals surface area contributed by atoms with E-state index in [1.165, 1.54) is 0 Å². The third kappa shape index (κ3) is 5.27. The van der Waals surface area contributed by atoms with Crippen molar-refractivity contribution in [2.75, 3.05) is 13.1 Å². The fourth-order valence-electron chi connectivity index (χ4n) is 7.02. The van der Waals surface area contributed by atoms with Gasteiger partial charge in [0, 0.05) is 24.9 Å². The Bertz CT molecular complexity index is 1190. The molecule has 5 rings (SSSR count). The molecule has 2 aliphatic carbocycles. The first kappa shape index (κ1) is 28.3. The average Bonchev–Trinajstić information content (AvgIpc) is 3.66. The molecule has 8 atom stereocenters. The predicted molar refractivity (Wildman–Crippen MR) is 149 cm³/mol. The Morgan fingerprint density at radius 2 is 1.82 bits per heavy atom. The second-order valence-electron chi connectivity index (χ2n) is 13.8. The molecule has 2 heterocycles. The van der Waals surface area contributed by atoms with Gasteiger partial charge in [-0.1, -0.05) is 65.0 Å². The van der Waals surface area contributed by atoms with Crippen LogP contribution >= 0.6 is 0 Å². The highest BCUT2D eigenvalue weighted by Crippen LogP contribution is 2.65.